The molecule has 4 aliphatic rings. The van der Waals surface area contributed by atoms with Crippen LogP contribution in [0.1, 0.15) is 38.5 Å². The zero-order chi connectivity index (χ0) is 17.4. The van der Waals surface area contributed by atoms with Gasteiger partial charge in [-0.25, -0.2) is 0 Å². The van der Waals surface area contributed by atoms with E-state index in [0.717, 1.165) is 23.7 Å². The Labute approximate surface area is 152 Å². The molecule has 0 heterocycles. The van der Waals surface area contributed by atoms with Crippen LogP contribution in [0.4, 0.5) is 0 Å². The summed E-state index contributed by atoms with van der Waals surface area (Å²) in [6.45, 7) is 18.0. The van der Waals surface area contributed by atoms with E-state index in [1.807, 2.05) is 0 Å². The molecule has 5 heteroatoms. The Kier molecular flexibility index (Phi) is 22.5. The molecule has 2 saturated carbocycles. The molecule has 0 spiro atoms. The summed E-state index contributed by atoms with van der Waals surface area (Å²) in [4.78, 5) is 0. The van der Waals surface area contributed by atoms with Crippen LogP contribution < -0.4 is 0 Å². The zero-order valence-corrected chi connectivity index (χ0v) is 15.8. The van der Waals surface area contributed by atoms with Gasteiger partial charge in [-0.2, -0.15) is 0 Å². The molecule has 4 bridgehead atoms. The third-order valence-corrected chi connectivity index (χ3v) is 4.34. The molecule has 0 radical (unpaired) electrons. The van der Waals surface area contributed by atoms with Gasteiger partial charge in [0.25, 0.3) is 0 Å². The first kappa shape index (κ1) is 27.0. The zero-order valence-electron chi connectivity index (χ0n) is 12.9. The molecule has 0 aromatic carbocycles. The quantitative estimate of drug-likeness (QED) is 0.285. The van der Waals surface area contributed by atoms with Gasteiger partial charge in [-0.15, -0.1) is 0 Å². The fourth-order valence-corrected chi connectivity index (χ4v) is 3.43. The predicted molar refractivity (Wildman–Crippen MR) is 75.7 cm³/mol. The summed E-state index contributed by atoms with van der Waals surface area (Å²) in [7, 11) is 0. The maximum atomic E-state index is 7.50. The van der Waals surface area contributed by atoms with E-state index in [4.69, 9.17) is 18.6 Å². The normalized spacial score (nSPS) is 28.2. The van der Waals surface area contributed by atoms with Gasteiger partial charge in [0.2, 0.25) is 0 Å². The van der Waals surface area contributed by atoms with Crippen LogP contribution in [0, 0.1) is 50.3 Å². The molecule has 0 aliphatic heterocycles. The number of hydrogen-bond donors (Lipinski definition) is 0. The second kappa shape index (κ2) is 19.2. The third-order valence-electron chi connectivity index (χ3n) is 4.34. The summed E-state index contributed by atoms with van der Waals surface area (Å²) < 4.78 is 30.0. The van der Waals surface area contributed by atoms with Crippen LogP contribution in [-0.4, -0.2) is 0 Å². The first-order valence-electron chi connectivity index (χ1n) is 7.08. The van der Waals surface area contributed by atoms with Gasteiger partial charge in [-0.3, -0.25) is 0 Å². The van der Waals surface area contributed by atoms with Crippen LogP contribution >= 0.6 is 0 Å². The molecular formula is C18H20O4W. The monoisotopic (exact) mass is 484 g/mol. The van der Waals surface area contributed by atoms with Crippen molar-refractivity contribution in [3.05, 3.63) is 50.9 Å². The number of rotatable bonds is 0. The van der Waals surface area contributed by atoms with Crippen molar-refractivity contribution in [2.75, 3.05) is 0 Å². The summed E-state index contributed by atoms with van der Waals surface area (Å²) in [5.74, 6) is 3.96. The summed E-state index contributed by atoms with van der Waals surface area (Å²) in [5, 5.41) is 0. The second-order valence-electron chi connectivity index (χ2n) is 5.44. The van der Waals surface area contributed by atoms with E-state index in [2.05, 4.69) is 50.9 Å². The SMILES string of the molecule is C1=C[C@H]2CC[C@@H]1C2.C1=C[C@H]2CC[C@@H]1C2.[C-]#[O+].[C-]#[O+].[C-]#[O+].[C-]#[O+].[W]. The second-order valence-corrected chi connectivity index (χ2v) is 5.44. The van der Waals surface area contributed by atoms with Crippen LogP contribution in [0.15, 0.2) is 24.3 Å². The molecule has 0 N–H and O–H groups in total. The van der Waals surface area contributed by atoms with Crippen molar-refractivity contribution in [2.24, 2.45) is 23.7 Å². The van der Waals surface area contributed by atoms with Crippen molar-refractivity contribution in [1.82, 2.24) is 0 Å². The van der Waals surface area contributed by atoms with Gasteiger partial charge < -0.3 is 0 Å². The summed E-state index contributed by atoms with van der Waals surface area (Å²) in [5.41, 5.74) is 0. The van der Waals surface area contributed by atoms with E-state index in [1.54, 1.807) is 0 Å². The molecule has 0 unspecified atom stereocenters. The minimum atomic E-state index is 0. The van der Waals surface area contributed by atoms with E-state index in [1.165, 1.54) is 38.5 Å². The van der Waals surface area contributed by atoms with Crippen molar-refractivity contribution in [2.45, 2.75) is 38.5 Å². The van der Waals surface area contributed by atoms with E-state index < -0.39 is 0 Å². The van der Waals surface area contributed by atoms with Gasteiger partial charge in [0.1, 0.15) is 0 Å². The molecule has 0 aromatic rings. The molecule has 4 rings (SSSR count). The van der Waals surface area contributed by atoms with Gasteiger partial charge in [-0.1, -0.05) is 24.3 Å². The Bertz CT molecular complexity index is 344. The summed E-state index contributed by atoms with van der Waals surface area (Å²) >= 11 is 0. The Balaban J connectivity index is -0.000000238. The molecule has 122 valence electrons. The molecular weight excluding hydrogens is 464 g/mol. The smallest absolute Gasteiger partial charge is 0 e. The van der Waals surface area contributed by atoms with Crippen molar-refractivity contribution in [1.29, 1.82) is 0 Å². The van der Waals surface area contributed by atoms with Crippen LogP contribution in [0.2, 0.25) is 0 Å². The van der Waals surface area contributed by atoms with Crippen LogP contribution in [0.3, 0.4) is 0 Å². The Morgan fingerprint density at radius 1 is 0.478 bits per heavy atom. The van der Waals surface area contributed by atoms with Crippen LogP contribution in [0.5, 0.6) is 0 Å². The van der Waals surface area contributed by atoms with Crippen LogP contribution in [0.25, 0.3) is 0 Å². The number of allylic oxidation sites excluding steroid dienone is 4. The predicted octanol–water partition coefficient (Wildman–Crippen LogP) is 3.79. The molecule has 4 atom stereocenters. The Morgan fingerprint density at radius 2 is 0.652 bits per heavy atom. The maximum absolute atomic E-state index is 7.50. The molecule has 4 aliphatic carbocycles. The van der Waals surface area contributed by atoms with Crippen molar-refractivity contribution < 1.29 is 39.7 Å². The number of hydrogen-bond acceptors (Lipinski definition) is 0. The fourth-order valence-electron chi connectivity index (χ4n) is 3.43. The molecule has 0 amide bonds. The molecule has 0 aromatic heterocycles. The van der Waals surface area contributed by atoms with Crippen molar-refractivity contribution in [3.63, 3.8) is 0 Å². The minimum absolute atomic E-state index is 0. The largest absolute Gasteiger partial charge is 0 e. The van der Waals surface area contributed by atoms with Crippen molar-refractivity contribution >= 4 is 0 Å². The fraction of sp³-hybridized carbons (Fsp3) is 0.556. The minimum Gasteiger partial charge on any atom is 0 e. The first-order chi connectivity index (χ1) is 10.9. The molecule has 4 nitrogen and oxygen atoms in total. The molecule has 0 saturated heterocycles. The van der Waals surface area contributed by atoms with E-state index in [-0.39, 0.29) is 21.1 Å². The summed E-state index contributed by atoms with van der Waals surface area (Å²) in [6, 6.07) is 0. The average molecular weight is 484 g/mol. The van der Waals surface area contributed by atoms with E-state index >= 15 is 0 Å². The van der Waals surface area contributed by atoms with E-state index in [9.17, 15) is 0 Å². The number of fused-ring (bicyclic) bond motifs is 4. The maximum Gasteiger partial charge on any atom is 0 e. The van der Waals surface area contributed by atoms with Gasteiger partial charge in [0.05, 0.1) is 0 Å². The summed E-state index contributed by atoms with van der Waals surface area (Å²) in [6.07, 6.45) is 18.4. The first-order valence-corrected chi connectivity index (χ1v) is 7.08. The van der Waals surface area contributed by atoms with Crippen LogP contribution in [-0.2, 0) is 39.7 Å². The van der Waals surface area contributed by atoms with Gasteiger partial charge in [0.15, 0.2) is 0 Å². The molecule has 23 heavy (non-hydrogen) atoms. The molecule has 2 fully saturated rings. The Hall–Kier alpha value is -0.872. The van der Waals surface area contributed by atoms with Gasteiger partial charge in [-0.05, 0) is 62.2 Å². The van der Waals surface area contributed by atoms with Gasteiger partial charge in [0, 0.05) is 21.1 Å². The third kappa shape index (κ3) is 10.5. The topological polar surface area (TPSA) is 79.6 Å². The standard InChI is InChI=1S/2C7H10.4CO.W/c2*1-2-7-4-3-6(1)5-7;4*1-2;/h2*1-2,6-7H,3-5H2;;;;;/t2*6-,7+;;;;;. The van der Waals surface area contributed by atoms with Crippen molar-refractivity contribution in [3.8, 4) is 0 Å². The average Bonchev–Trinajstić information content (AvgIpc) is 3.45. The van der Waals surface area contributed by atoms with E-state index in [0.29, 0.717) is 0 Å². The van der Waals surface area contributed by atoms with Gasteiger partial charge >= 0.3 is 45.2 Å². The Morgan fingerprint density at radius 3 is 0.696 bits per heavy atom.